The zero-order chi connectivity index (χ0) is 19.4. The number of aliphatic imine (C=N–C) groups is 1. The van der Waals surface area contributed by atoms with E-state index in [1.807, 2.05) is 0 Å². The van der Waals surface area contributed by atoms with Crippen LogP contribution in [0.15, 0.2) is 34.5 Å². The van der Waals surface area contributed by atoms with Gasteiger partial charge < -0.3 is 19.3 Å². The predicted octanol–water partition coefficient (Wildman–Crippen LogP) is 1.59. The van der Waals surface area contributed by atoms with Gasteiger partial charge in [0.05, 0.1) is 26.9 Å². The number of carboxylic acids is 1. The summed E-state index contributed by atoms with van der Waals surface area (Å²) in [6.45, 7) is 1.50. The van der Waals surface area contributed by atoms with Gasteiger partial charge in [-0.3, -0.25) is 14.6 Å². The first-order chi connectivity index (χ1) is 12.4. The lowest BCUT2D eigenvalue weighted by Gasteiger charge is -2.30. The van der Waals surface area contributed by atoms with Gasteiger partial charge in [-0.2, -0.15) is 0 Å². The van der Waals surface area contributed by atoms with E-state index in [4.69, 9.17) is 14.2 Å². The molecular formula is C18H19NO7. The van der Waals surface area contributed by atoms with E-state index < -0.39 is 23.8 Å². The summed E-state index contributed by atoms with van der Waals surface area (Å²) in [6, 6.07) is 4.79. The molecule has 1 aliphatic rings. The normalized spacial score (nSPS) is 19.5. The Morgan fingerprint density at radius 1 is 1.15 bits per heavy atom. The quantitative estimate of drug-likeness (QED) is 0.605. The van der Waals surface area contributed by atoms with E-state index in [0.717, 1.165) is 7.11 Å². The van der Waals surface area contributed by atoms with Crippen LogP contribution in [-0.2, 0) is 19.1 Å². The number of rotatable bonds is 6. The van der Waals surface area contributed by atoms with Crippen molar-refractivity contribution in [3.05, 3.63) is 35.0 Å². The number of allylic oxidation sites excluding steroid dienone is 1. The summed E-state index contributed by atoms with van der Waals surface area (Å²) in [6.07, 6.45) is 0.418. The highest BCUT2D eigenvalue weighted by atomic mass is 16.5. The molecule has 1 aliphatic heterocycles. The lowest BCUT2D eigenvalue weighted by Crippen LogP contribution is -2.35. The standard InChI is InChI=1S/C18H19NO7/c1-9-14(17(21)22)15(16(18(23)26-4)11(8-20)19-9)10-5-6-12(24-2)13(7-10)25-3/h5-8,14-15H,1-4H3,(H,21,22). The number of benzene rings is 1. The molecule has 0 saturated carbocycles. The number of ether oxygens (including phenoxy) is 3. The van der Waals surface area contributed by atoms with Gasteiger partial charge in [0.25, 0.3) is 0 Å². The minimum absolute atomic E-state index is 0.104. The van der Waals surface area contributed by atoms with Gasteiger partial charge in [-0.15, -0.1) is 0 Å². The summed E-state index contributed by atoms with van der Waals surface area (Å²) in [7, 11) is 4.07. The average molecular weight is 361 g/mol. The van der Waals surface area contributed by atoms with Crippen molar-refractivity contribution in [2.75, 3.05) is 21.3 Å². The lowest BCUT2D eigenvalue weighted by molar-refractivity contribution is -0.140. The number of aliphatic carboxylic acids is 1. The second kappa shape index (κ2) is 7.81. The molecule has 138 valence electrons. The molecule has 2 atom stereocenters. The van der Waals surface area contributed by atoms with Crippen LogP contribution in [-0.4, -0.2) is 50.4 Å². The summed E-state index contributed by atoms with van der Waals surface area (Å²) >= 11 is 0. The zero-order valence-electron chi connectivity index (χ0n) is 14.8. The van der Waals surface area contributed by atoms with E-state index in [1.54, 1.807) is 18.2 Å². The molecule has 2 rings (SSSR count). The number of carbonyl (C=O) groups excluding carboxylic acids is 2. The van der Waals surface area contributed by atoms with Crippen molar-refractivity contribution in [2.24, 2.45) is 10.9 Å². The number of carboxylic acid groups (broad SMARTS) is 1. The first-order valence-corrected chi connectivity index (χ1v) is 7.67. The Hall–Kier alpha value is -3.16. The Balaban J connectivity index is 2.75. The van der Waals surface area contributed by atoms with Crippen molar-refractivity contribution in [3.63, 3.8) is 0 Å². The molecule has 0 bridgehead atoms. The lowest BCUT2D eigenvalue weighted by atomic mass is 9.75. The third kappa shape index (κ3) is 3.30. The number of methoxy groups -OCH3 is 3. The van der Waals surface area contributed by atoms with Crippen LogP contribution in [0.5, 0.6) is 11.5 Å². The maximum absolute atomic E-state index is 12.3. The zero-order valence-corrected chi connectivity index (χ0v) is 14.8. The molecule has 0 fully saturated rings. The monoisotopic (exact) mass is 361 g/mol. The van der Waals surface area contributed by atoms with Crippen LogP contribution in [0.4, 0.5) is 0 Å². The molecule has 8 nitrogen and oxygen atoms in total. The van der Waals surface area contributed by atoms with Gasteiger partial charge in [0, 0.05) is 11.6 Å². The van der Waals surface area contributed by atoms with Crippen LogP contribution in [0.25, 0.3) is 0 Å². The summed E-state index contributed by atoms with van der Waals surface area (Å²) < 4.78 is 15.2. The molecule has 1 aromatic carbocycles. The minimum atomic E-state index is -1.17. The van der Waals surface area contributed by atoms with Crippen LogP contribution in [0.1, 0.15) is 18.4 Å². The van der Waals surface area contributed by atoms with Gasteiger partial charge in [-0.05, 0) is 24.6 Å². The third-order valence-corrected chi connectivity index (χ3v) is 4.22. The number of aldehydes is 1. The highest BCUT2D eigenvalue weighted by Crippen LogP contribution is 2.41. The second-order valence-electron chi connectivity index (χ2n) is 5.57. The summed E-state index contributed by atoms with van der Waals surface area (Å²) in [4.78, 5) is 39.6. The van der Waals surface area contributed by atoms with Crippen molar-refractivity contribution < 1.29 is 33.7 Å². The number of esters is 1. The van der Waals surface area contributed by atoms with Gasteiger partial charge in [-0.1, -0.05) is 6.07 Å². The van der Waals surface area contributed by atoms with Gasteiger partial charge >= 0.3 is 11.9 Å². The van der Waals surface area contributed by atoms with Crippen molar-refractivity contribution in [2.45, 2.75) is 12.8 Å². The van der Waals surface area contributed by atoms with Crippen LogP contribution in [0.2, 0.25) is 0 Å². The van der Waals surface area contributed by atoms with Crippen LogP contribution < -0.4 is 9.47 Å². The van der Waals surface area contributed by atoms with E-state index >= 15 is 0 Å². The van der Waals surface area contributed by atoms with Crippen molar-refractivity contribution >= 4 is 23.9 Å². The fraction of sp³-hybridized carbons (Fsp3) is 0.333. The molecule has 0 spiro atoms. The van der Waals surface area contributed by atoms with Gasteiger partial charge in [-0.25, -0.2) is 4.79 Å². The topological polar surface area (TPSA) is 111 Å². The van der Waals surface area contributed by atoms with E-state index in [2.05, 4.69) is 4.99 Å². The fourth-order valence-electron chi connectivity index (χ4n) is 3.04. The predicted molar refractivity (Wildman–Crippen MR) is 91.6 cm³/mol. The van der Waals surface area contributed by atoms with E-state index in [9.17, 15) is 19.5 Å². The van der Waals surface area contributed by atoms with Crippen molar-refractivity contribution in [1.29, 1.82) is 0 Å². The Morgan fingerprint density at radius 2 is 1.81 bits per heavy atom. The number of hydrogen-bond donors (Lipinski definition) is 1. The summed E-state index contributed by atoms with van der Waals surface area (Å²) in [5.74, 6) is -3.26. The molecule has 0 saturated heterocycles. The molecule has 26 heavy (non-hydrogen) atoms. The Bertz CT molecular complexity index is 810. The summed E-state index contributed by atoms with van der Waals surface area (Å²) in [5.41, 5.74) is 0.426. The van der Waals surface area contributed by atoms with Crippen LogP contribution >= 0.6 is 0 Å². The molecule has 0 aliphatic carbocycles. The van der Waals surface area contributed by atoms with Gasteiger partial charge in [0.2, 0.25) is 0 Å². The molecule has 2 unspecified atom stereocenters. The van der Waals surface area contributed by atoms with Gasteiger partial charge in [0.15, 0.2) is 17.8 Å². The van der Waals surface area contributed by atoms with Crippen molar-refractivity contribution in [1.82, 2.24) is 0 Å². The van der Waals surface area contributed by atoms with E-state index in [0.29, 0.717) is 23.3 Å². The minimum Gasteiger partial charge on any atom is -0.493 e. The molecular weight excluding hydrogens is 342 g/mol. The van der Waals surface area contributed by atoms with E-state index in [1.165, 1.54) is 21.1 Å². The van der Waals surface area contributed by atoms with Crippen molar-refractivity contribution in [3.8, 4) is 11.5 Å². The SMILES string of the molecule is COC(=O)C1=C(C=O)N=C(C)C(C(=O)O)C1c1ccc(OC)c(OC)c1. The Morgan fingerprint density at radius 3 is 2.31 bits per heavy atom. The molecule has 0 aromatic heterocycles. The maximum atomic E-state index is 12.3. The first-order valence-electron chi connectivity index (χ1n) is 7.67. The Labute approximate surface area is 150 Å². The molecule has 1 N–H and O–H groups in total. The maximum Gasteiger partial charge on any atom is 0.336 e. The highest BCUT2D eigenvalue weighted by molar-refractivity contribution is 6.09. The smallest absolute Gasteiger partial charge is 0.336 e. The van der Waals surface area contributed by atoms with E-state index in [-0.39, 0.29) is 17.0 Å². The first kappa shape index (κ1) is 19.2. The highest BCUT2D eigenvalue weighted by Gasteiger charge is 2.42. The Kier molecular flexibility index (Phi) is 5.76. The molecule has 1 aromatic rings. The largest absolute Gasteiger partial charge is 0.493 e. The van der Waals surface area contributed by atoms with Crippen LogP contribution in [0, 0.1) is 5.92 Å². The molecule has 0 amide bonds. The number of hydrogen-bond acceptors (Lipinski definition) is 7. The van der Waals surface area contributed by atoms with Crippen LogP contribution in [0.3, 0.4) is 0 Å². The number of nitrogens with zero attached hydrogens (tertiary/aromatic N) is 1. The molecule has 0 radical (unpaired) electrons. The summed E-state index contributed by atoms with van der Waals surface area (Å²) in [5, 5.41) is 9.70. The fourth-order valence-corrected chi connectivity index (χ4v) is 3.04. The number of carbonyl (C=O) groups is 3. The third-order valence-electron chi connectivity index (χ3n) is 4.22. The molecule has 1 heterocycles. The molecule has 8 heteroatoms. The average Bonchev–Trinajstić information content (AvgIpc) is 2.65. The van der Waals surface area contributed by atoms with Gasteiger partial charge in [0.1, 0.15) is 11.6 Å². The second-order valence-corrected chi connectivity index (χ2v) is 5.57.